The topological polar surface area (TPSA) is 53.3 Å². The van der Waals surface area contributed by atoms with Crippen molar-refractivity contribution in [3.05, 3.63) is 0 Å². The van der Waals surface area contributed by atoms with Gasteiger partial charge in [-0.15, -0.1) is 0 Å². The van der Waals surface area contributed by atoms with Crippen molar-refractivity contribution in [1.82, 2.24) is 4.90 Å². The Labute approximate surface area is 90.8 Å². The second kappa shape index (κ2) is 6.41. The fourth-order valence-corrected chi connectivity index (χ4v) is 1.77. The number of ether oxygens (including phenoxy) is 1. The summed E-state index contributed by atoms with van der Waals surface area (Å²) in [5.74, 6) is 0.637. The van der Waals surface area contributed by atoms with Crippen molar-refractivity contribution in [2.75, 3.05) is 26.8 Å². The molecule has 1 amide bonds. The van der Waals surface area contributed by atoms with Gasteiger partial charge in [0.1, 0.15) is 0 Å². The van der Waals surface area contributed by atoms with Gasteiger partial charge in [-0.1, -0.05) is 0 Å². The molecule has 1 saturated heterocycles. The number of rotatable bonds is 4. The molecule has 1 rings (SSSR count). The van der Waals surface area contributed by atoms with E-state index in [9.17, 15) is 4.79 Å². The van der Waals surface area contributed by atoms with Gasteiger partial charge in [0.25, 0.3) is 0 Å². The van der Waals surface area contributed by atoms with Crippen LogP contribution in [-0.4, -0.2) is 37.6 Å². The molecule has 0 spiro atoms. The van der Waals surface area contributed by atoms with E-state index in [0.29, 0.717) is 18.8 Å². The first kappa shape index (κ1) is 12.0. The zero-order valence-corrected chi connectivity index (χ0v) is 9.24. The average molecular weight is 210 g/mol. The van der Waals surface area contributed by atoms with Crippen LogP contribution in [-0.2, 0) is 9.53 Å². The number of carbonyl (C=O) groups excluding carboxylic acids is 1. The van der Waals surface area contributed by atoms with Crippen LogP contribution in [0.2, 0.25) is 0 Å². The van der Waals surface area contributed by atoms with Crippen molar-refractivity contribution < 1.29 is 9.53 Å². The summed E-state index contributed by atoms with van der Waals surface area (Å²) in [4.78, 5) is 13.3. The van der Waals surface area contributed by atoms with Crippen LogP contribution in [0.15, 0.2) is 0 Å². The molecule has 4 nitrogen and oxygen atoms in total. The van der Waals surface area contributed by atoms with Crippen molar-refractivity contribution in [2.45, 2.75) is 25.7 Å². The van der Waals surface area contributed by atoms with Gasteiger partial charge < -0.3 is 9.64 Å². The Morgan fingerprint density at radius 2 is 2.20 bits per heavy atom. The molecule has 0 aromatic carbocycles. The number of amides is 1. The van der Waals surface area contributed by atoms with Gasteiger partial charge in [0, 0.05) is 39.6 Å². The number of carbonyl (C=O) groups is 1. The van der Waals surface area contributed by atoms with Crippen LogP contribution in [0.4, 0.5) is 0 Å². The number of nitrogens with zero attached hydrogens (tertiary/aromatic N) is 2. The Morgan fingerprint density at radius 1 is 1.53 bits per heavy atom. The summed E-state index contributed by atoms with van der Waals surface area (Å²) in [5, 5.41) is 8.38. The second-order valence-corrected chi connectivity index (χ2v) is 3.99. The van der Waals surface area contributed by atoms with E-state index in [0.717, 1.165) is 32.6 Å². The molecule has 84 valence electrons. The van der Waals surface area contributed by atoms with Gasteiger partial charge in [0.05, 0.1) is 6.07 Å². The molecule has 4 heteroatoms. The molecule has 0 aromatic rings. The molecule has 0 aliphatic carbocycles. The highest BCUT2D eigenvalue weighted by atomic mass is 16.5. The van der Waals surface area contributed by atoms with E-state index in [-0.39, 0.29) is 5.91 Å². The molecule has 0 saturated carbocycles. The van der Waals surface area contributed by atoms with Crippen LogP contribution in [0.25, 0.3) is 0 Å². The van der Waals surface area contributed by atoms with Crippen molar-refractivity contribution in [2.24, 2.45) is 5.92 Å². The maximum absolute atomic E-state index is 11.5. The Morgan fingerprint density at radius 3 is 2.80 bits per heavy atom. The van der Waals surface area contributed by atoms with Gasteiger partial charge in [0.2, 0.25) is 5.91 Å². The zero-order chi connectivity index (χ0) is 11.1. The molecule has 1 heterocycles. The molecule has 0 atom stereocenters. The lowest BCUT2D eigenvalue weighted by Crippen LogP contribution is -2.33. The Bertz CT molecular complexity index is 241. The van der Waals surface area contributed by atoms with Gasteiger partial charge >= 0.3 is 0 Å². The molecule has 1 aliphatic heterocycles. The Balaban J connectivity index is 2.24. The molecule has 0 aromatic heterocycles. The van der Waals surface area contributed by atoms with E-state index >= 15 is 0 Å². The second-order valence-electron chi connectivity index (χ2n) is 3.99. The van der Waals surface area contributed by atoms with E-state index in [1.54, 1.807) is 4.90 Å². The fourth-order valence-electron chi connectivity index (χ4n) is 1.77. The minimum atomic E-state index is 0.0723. The quantitative estimate of drug-likeness (QED) is 0.700. The summed E-state index contributed by atoms with van der Waals surface area (Å²) in [7, 11) is 1.81. The molecule has 0 bridgehead atoms. The van der Waals surface area contributed by atoms with Crippen molar-refractivity contribution in [3.8, 4) is 6.07 Å². The third-order valence-electron chi connectivity index (χ3n) is 2.75. The highest BCUT2D eigenvalue weighted by Crippen LogP contribution is 2.15. The van der Waals surface area contributed by atoms with Gasteiger partial charge in [-0.05, 0) is 18.8 Å². The first-order valence-corrected chi connectivity index (χ1v) is 5.42. The lowest BCUT2D eigenvalue weighted by atomic mass is 10.00. The van der Waals surface area contributed by atoms with E-state index in [4.69, 9.17) is 10.00 Å². The van der Waals surface area contributed by atoms with Crippen molar-refractivity contribution in [1.29, 1.82) is 5.26 Å². The van der Waals surface area contributed by atoms with Crippen molar-refractivity contribution >= 4 is 5.91 Å². The third-order valence-corrected chi connectivity index (χ3v) is 2.75. The SMILES string of the molecule is CN(CC1CCOCC1)C(=O)CCC#N. The third kappa shape index (κ3) is 4.30. The van der Waals surface area contributed by atoms with Crippen LogP contribution >= 0.6 is 0 Å². The zero-order valence-electron chi connectivity index (χ0n) is 9.24. The predicted octanol–water partition coefficient (Wildman–Crippen LogP) is 1.18. The number of hydrogen-bond acceptors (Lipinski definition) is 3. The van der Waals surface area contributed by atoms with E-state index in [2.05, 4.69) is 0 Å². The maximum atomic E-state index is 11.5. The van der Waals surface area contributed by atoms with E-state index in [1.807, 2.05) is 13.1 Å². The molecular formula is C11H18N2O2. The smallest absolute Gasteiger partial charge is 0.223 e. The van der Waals surface area contributed by atoms with Crippen LogP contribution in [0, 0.1) is 17.2 Å². The molecule has 0 radical (unpaired) electrons. The molecule has 1 fully saturated rings. The van der Waals surface area contributed by atoms with Crippen LogP contribution in [0.1, 0.15) is 25.7 Å². The number of hydrogen-bond donors (Lipinski definition) is 0. The van der Waals surface area contributed by atoms with Crippen LogP contribution in [0.5, 0.6) is 0 Å². The maximum Gasteiger partial charge on any atom is 0.223 e. The monoisotopic (exact) mass is 210 g/mol. The first-order valence-electron chi connectivity index (χ1n) is 5.42. The standard InChI is InChI=1S/C11H18N2O2/c1-13(11(14)3-2-6-12)9-10-4-7-15-8-5-10/h10H,2-5,7-9H2,1H3. The highest BCUT2D eigenvalue weighted by molar-refractivity contribution is 5.76. The summed E-state index contributed by atoms with van der Waals surface area (Å²) in [5.41, 5.74) is 0. The Kier molecular flexibility index (Phi) is 5.13. The normalized spacial score (nSPS) is 17.1. The minimum Gasteiger partial charge on any atom is -0.381 e. The van der Waals surface area contributed by atoms with Gasteiger partial charge in [0.15, 0.2) is 0 Å². The number of nitriles is 1. The molecule has 1 aliphatic rings. The summed E-state index contributed by atoms with van der Waals surface area (Å²) in [6, 6.07) is 1.99. The average Bonchev–Trinajstić information content (AvgIpc) is 2.27. The predicted molar refractivity (Wildman–Crippen MR) is 56.0 cm³/mol. The molecule has 15 heavy (non-hydrogen) atoms. The highest BCUT2D eigenvalue weighted by Gasteiger charge is 2.18. The molecule has 0 unspecified atom stereocenters. The lowest BCUT2D eigenvalue weighted by Gasteiger charge is -2.27. The largest absolute Gasteiger partial charge is 0.381 e. The van der Waals surface area contributed by atoms with E-state index in [1.165, 1.54) is 0 Å². The van der Waals surface area contributed by atoms with Gasteiger partial charge in [-0.25, -0.2) is 0 Å². The summed E-state index contributed by atoms with van der Waals surface area (Å²) >= 11 is 0. The fraction of sp³-hybridized carbons (Fsp3) is 0.818. The molecule has 0 N–H and O–H groups in total. The van der Waals surface area contributed by atoms with Crippen molar-refractivity contribution in [3.63, 3.8) is 0 Å². The Hall–Kier alpha value is -1.08. The van der Waals surface area contributed by atoms with Crippen LogP contribution in [0.3, 0.4) is 0 Å². The van der Waals surface area contributed by atoms with Gasteiger partial charge in [-0.2, -0.15) is 5.26 Å². The first-order chi connectivity index (χ1) is 7.24. The van der Waals surface area contributed by atoms with E-state index < -0.39 is 0 Å². The summed E-state index contributed by atoms with van der Waals surface area (Å²) in [6.07, 6.45) is 2.74. The molecular weight excluding hydrogens is 192 g/mol. The lowest BCUT2D eigenvalue weighted by molar-refractivity contribution is -0.130. The van der Waals surface area contributed by atoms with Crippen LogP contribution < -0.4 is 0 Å². The summed E-state index contributed by atoms with van der Waals surface area (Å²) in [6.45, 7) is 2.42. The minimum absolute atomic E-state index is 0.0723. The van der Waals surface area contributed by atoms with Gasteiger partial charge in [-0.3, -0.25) is 4.79 Å². The summed E-state index contributed by atoms with van der Waals surface area (Å²) < 4.78 is 5.26.